The maximum absolute atomic E-state index is 2.41. The Morgan fingerprint density at radius 1 is 0.239 bits per heavy atom. The van der Waals surface area contributed by atoms with E-state index in [1.54, 1.807) is 0 Å². The first-order valence-corrected chi connectivity index (χ1v) is 16.0. The van der Waals surface area contributed by atoms with Crippen molar-refractivity contribution in [1.82, 2.24) is 0 Å². The second-order valence-electron chi connectivity index (χ2n) is 12.4. The summed E-state index contributed by atoms with van der Waals surface area (Å²) in [4.78, 5) is 0. The van der Waals surface area contributed by atoms with Crippen LogP contribution in [0.3, 0.4) is 0 Å². The Morgan fingerprint density at radius 2 is 0.739 bits per heavy atom. The van der Waals surface area contributed by atoms with Gasteiger partial charge >= 0.3 is 0 Å². The summed E-state index contributed by atoms with van der Waals surface area (Å²) < 4.78 is 0. The van der Waals surface area contributed by atoms with Gasteiger partial charge in [0.05, 0.1) is 0 Å². The monoisotopic (exact) mass is 580 g/mol. The van der Waals surface area contributed by atoms with E-state index in [0.717, 1.165) is 0 Å². The van der Waals surface area contributed by atoms with E-state index in [1.807, 2.05) is 0 Å². The molecule has 10 rings (SSSR count). The SMILES string of the molecule is c1ccc(-c2ccc(-c3c4ccccc4c4c5ccc(-c6ccccc6)c6cc7ccccc7c(c7cccc3c74)c65)cc2)cc1. The van der Waals surface area contributed by atoms with Gasteiger partial charge in [0, 0.05) is 0 Å². The van der Waals surface area contributed by atoms with Crippen LogP contribution in [0.4, 0.5) is 0 Å². The molecule has 46 heavy (non-hydrogen) atoms. The molecule has 0 amide bonds. The summed E-state index contributed by atoms with van der Waals surface area (Å²) in [6, 6.07) is 62.6. The molecular formula is C46H28. The van der Waals surface area contributed by atoms with Gasteiger partial charge in [-0.25, -0.2) is 0 Å². The van der Waals surface area contributed by atoms with Crippen LogP contribution in [0.1, 0.15) is 0 Å². The first-order valence-electron chi connectivity index (χ1n) is 16.0. The summed E-state index contributed by atoms with van der Waals surface area (Å²) in [5, 5.41) is 15.8. The van der Waals surface area contributed by atoms with Crippen molar-refractivity contribution in [2.75, 3.05) is 0 Å². The molecule has 0 aliphatic rings. The van der Waals surface area contributed by atoms with Crippen molar-refractivity contribution >= 4 is 64.6 Å². The molecule has 0 saturated carbocycles. The van der Waals surface area contributed by atoms with E-state index >= 15 is 0 Å². The molecule has 0 aliphatic heterocycles. The Balaban J connectivity index is 1.39. The number of rotatable bonds is 3. The highest BCUT2D eigenvalue weighted by Gasteiger charge is 2.22. The molecule has 10 aromatic rings. The van der Waals surface area contributed by atoms with Crippen LogP contribution in [-0.4, -0.2) is 0 Å². The lowest BCUT2D eigenvalue weighted by atomic mass is 9.81. The molecule has 0 nitrogen and oxygen atoms in total. The van der Waals surface area contributed by atoms with Crippen LogP contribution in [0.25, 0.3) is 98.0 Å². The molecule has 0 radical (unpaired) electrons. The van der Waals surface area contributed by atoms with Crippen LogP contribution in [0.15, 0.2) is 170 Å². The van der Waals surface area contributed by atoms with E-state index in [0.29, 0.717) is 0 Å². The van der Waals surface area contributed by atoms with Crippen molar-refractivity contribution in [2.24, 2.45) is 0 Å². The van der Waals surface area contributed by atoms with E-state index in [2.05, 4.69) is 170 Å². The van der Waals surface area contributed by atoms with E-state index in [4.69, 9.17) is 0 Å². The number of hydrogen-bond acceptors (Lipinski definition) is 0. The third-order valence-electron chi connectivity index (χ3n) is 9.98. The zero-order valence-electron chi connectivity index (χ0n) is 25.2. The molecule has 0 aliphatic carbocycles. The summed E-state index contributed by atoms with van der Waals surface area (Å²) >= 11 is 0. The molecule has 10 aromatic carbocycles. The minimum absolute atomic E-state index is 1.23. The summed E-state index contributed by atoms with van der Waals surface area (Å²) in [6.45, 7) is 0. The Bertz CT molecular complexity index is 2750. The Hall–Kier alpha value is -5.98. The molecule has 0 heteroatoms. The average Bonchev–Trinajstić information content (AvgIpc) is 3.13. The molecule has 0 unspecified atom stereocenters. The lowest BCUT2D eigenvalue weighted by Gasteiger charge is -2.22. The molecule has 0 fully saturated rings. The zero-order valence-corrected chi connectivity index (χ0v) is 25.2. The Labute approximate surface area is 267 Å². The highest BCUT2D eigenvalue weighted by Crippen LogP contribution is 2.50. The quantitative estimate of drug-likeness (QED) is 0.144. The minimum Gasteiger partial charge on any atom is -0.0622 e. The number of benzene rings is 10. The summed E-state index contributed by atoms with van der Waals surface area (Å²) in [5.41, 5.74) is 7.55. The zero-order chi connectivity index (χ0) is 30.2. The predicted molar refractivity (Wildman–Crippen MR) is 199 cm³/mol. The molecular weight excluding hydrogens is 553 g/mol. The maximum atomic E-state index is 2.41. The molecule has 0 bridgehead atoms. The largest absolute Gasteiger partial charge is 0.0622 e. The molecule has 0 aromatic heterocycles. The van der Waals surface area contributed by atoms with Crippen LogP contribution in [0, 0.1) is 0 Å². The Kier molecular flexibility index (Phi) is 5.38. The lowest BCUT2D eigenvalue weighted by molar-refractivity contribution is 1.61. The number of hydrogen-bond donors (Lipinski definition) is 0. The van der Waals surface area contributed by atoms with Gasteiger partial charge in [-0.2, -0.15) is 0 Å². The fourth-order valence-electron chi connectivity index (χ4n) is 8.02. The van der Waals surface area contributed by atoms with Gasteiger partial charge in [-0.05, 0) is 104 Å². The second kappa shape index (κ2) is 9.76. The highest BCUT2D eigenvalue weighted by molar-refractivity contribution is 6.44. The van der Waals surface area contributed by atoms with Gasteiger partial charge in [-0.1, -0.05) is 164 Å². The maximum Gasteiger partial charge on any atom is -0.00134 e. The lowest BCUT2D eigenvalue weighted by Crippen LogP contribution is -1.94. The molecule has 0 saturated heterocycles. The fraction of sp³-hybridized carbons (Fsp3) is 0. The standard InChI is InChI=1S/C46H28/c1-3-12-29(13-4-1)30-22-24-32(25-23-30)42-36-18-9-10-19-37(36)44-40-27-26-34(31-14-5-2-6-15-31)41-28-33-16-7-8-17-35(33)43(46(40)41)39-21-11-20-38(42)45(39)44/h1-28H. The Morgan fingerprint density at radius 3 is 1.52 bits per heavy atom. The third kappa shape index (κ3) is 3.56. The predicted octanol–water partition coefficient (Wildman–Crippen LogP) is 13.0. The van der Waals surface area contributed by atoms with E-state index in [-0.39, 0.29) is 0 Å². The summed E-state index contributed by atoms with van der Waals surface area (Å²) in [5.74, 6) is 0. The van der Waals surface area contributed by atoms with Gasteiger partial charge in [-0.3, -0.25) is 0 Å². The minimum atomic E-state index is 1.23. The molecule has 0 atom stereocenters. The van der Waals surface area contributed by atoms with Crippen molar-refractivity contribution in [3.8, 4) is 33.4 Å². The first kappa shape index (κ1) is 25.4. The van der Waals surface area contributed by atoms with Gasteiger partial charge in [-0.15, -0.1) is 0 Å². The van der Waals surface area contributed by atoms with Crippen molar-refractivity contribution in [3.05, 3.63) is 170 Å². The van der Waals surface area contributed by atoms with Gasteiger partial charge in [0.1, 0.15) is 0 Å². The number of fused-ring (bicyclic) bond motifs is 6. The van der Waals surface area contributed by atoms with Crippen molar-refractivity contribution in [1.29, 1.82) is 0 Å². The molecule has 0 heterocycles. The van der Waals surface area contributed by atoms with Crippen LogP contribution in [-0.2, 0) is 0 Å². The van der Waals surface area contributed by atoms with Crippen molar-refractivity contribution in [3.63, 3.8) is 0 Å². The molecule has 0 spiro atoms. The van der Waals surface area contributed by atoms with Gasteiger partial charge in [0.15, 0.2) is 0 Å². The van der Waals surface area contributed by atoms with Crippen LogP contribution in [0.2, 0.25) is 0 Å². The first-order chi connectivity index (χ1) is 22.8. The third-order valence-corrected chi connectivity index (χ3v) is 9.98. The second-order valence-corrected chi connectivity index (χ2v) is 12.4. The van der Waals surface area contributed by atoms with Gasteiger partial charge < -0.3 is 0 Å². The molecule has 212 valence electrons. The average molecular weight is 581 g/mol. The van der Waals surface area contributed by atoms with Gasteiger partial charge in [0.2, 0.25) is 0 Å². The normalized spacial score (nSPS) is 11.9. The van der Waals surface area contributed by atoms with E-state index in [9.17, 15) is 0 Å². The van der Waals surface area contributed by atoms with Crippen LogP contribution in [0.5, 0.6) is 0 Å². The van der Waals surface area contributed by atoms with E-state index < -0.39 is 0 Å². The summed E-state index contributed by atoms with van der Waals surface area (Å²) in [7, 11) is 0. The van der Waals surface area contributed by atoms with Crippen LogP contribution < -0.4 is 0 Å². The van der Waals surface area contributed by atoms with E-state index in [1.165, 1.54) is 98.0 Å². The van der Waals surface area contributed by atoms with Crippen molar-refractivity contribution < 1.29 is 0 Å². The smallest absolute Gasteiger partial charge is 0.00134 e. The molecule has 0 N–H and O–H groups in total. The van der Waals surface area contributed by atoms with Crippen molar-refractivity contribution in [2.45, 2.75) is 0 Å². The topological polar surface area (TPSA) is 0 Å². The van der Waals surface area contributed by atoms with Gasteiger partial charge in [0.25, 0.3) is 0 Å². The van der Waals surface area contributed by atoms with Crippen LogP contribution >= 0.6 is 0 Å². The fourth-order valence-corrected chi connectivity index (χ4v) is 8.02. The summed E-state index contributed by atoms with van der Waals surface area (Å²) in [6.07, 6.45) is 0. The highest BCUT2D eigenvalue weighted by atomic mass is 14.2.